The van der Waals surface area contributed by atoms with Crippen molar-refractivity contribution in [3.05, 3.63) is 58.2 Å². The molecule has 3 nitrogen and oxygen atoms in total. The molecular weight excluding hydrogens is 324 g/mol. The van der Waals surface area contributed by atoms with Crippen molar-refractivity contribution in [1.82, 2.24) is 5.32 Å². The number of hydrogen-bond donors (Lipinski definition) is 2. The fraction of sp³-hybridized carbons (Fsp3) is 0.400. The van der Waals surface area contributed by atoms with Crippen molar-refractivity contribution in [2.75, 3.05) is 7.05 Å². The van der Waals surface area contributed by atoms with E-state index in [-0.39, 0.29) is 11.4 Å². The van der Waals surface area contributed by atoms with E-state index in [2.05, 4.69) is 5.32 Å². The van der Waals surface area contributed by atoms with Gasteiger partial charge in [0.15, 0.2) is 0 Å². The van der Waals surface area contributed by atoms with Gasteiger partial charge in [-0.1, -0.05) is 6.92 Å². The molecule has 5 heteroatoms. The van der Waals surface area contributed by atoms with E-state index in [1.807, 2.05) is 0 Å². The molecular formula is C20H23F2NO2. The second kappa shape index (κ2) is 7.50. The van der Waals surface area contributed by atoms with E-state index in [4.69, 9.17) is 4.74 Å². The Morgan fingerprint density at radius 2 is 1.88 bits per heavy atom. The summed E-state index contributed by atoms with van der Waals surface area (Å²) in [6.07, 6.45) is 1.91. The Kier molecular flexibility index (Phi) is 5.35. The predicted octanol–water partition coefficient (Wildman–Crippen LogP) is 4.41. The summed E-state index contributed by atoms with van der Waals surface area (Å²) >= 11 is 0. The summed E-state index contributed by atoms with van der Waals surface area (Å²) < 4.78 is 34.3. The minimum absolute atomic E-state index is 0.198. The standard InChI is InChI=1S/C20H23F2NO2/c1-3-18(24)15-10-20(12(11-23-2)9-17(15)22)25-19-8-7-16(21)13-5-4-6-14(13)19/h7-10,18,23-24H,3-6,11H2,1-2H3. The molecule has 2 aromatic rings. The van der Waals surface area contributed by atoms with Crippen LogP contribution in [-0.4, -0.2) is 12.2 Å². The highest BCUT2D eigenvalue weighted by molar-refractivity contribution is 5.48. The molecule has 1 aliphatic rings. The Morgan fingerprint density at radius 3 is 2.60 bits per heavy atom. The average Bonchev–Trinajstić information content (AvgIpc) is 3.10. The molecule has 1 unspecified atom stereocenters. The number of benzene rings is 2. The molecule has 134 valence electrons. The maximum atomic E-state index is 14.3. The average molecular weight is 347 g/mol. The van der Waals surface area contributed by atoms with Crippen LogP contribution in [0.2, 0.25) is 0 Å². The van der Waals surface area contributed by atoms with Crippen molar-refractivity contribution in [1.29, 1.82) is 0 Å². The van der Waals surface area contributed by atoms with Gasteiger partial charge in [0, 0.05) is 23.2 Å². The lowest BCUT2D eigenvalue weighted by Crippen LogP contribution is -2.09. The fourth-order valence-corrected chi connectivity index (χ4v) is 3.35. The Hall–Kier alpha value is -1.98. The molecule has 25 heavy (non-hydrogen) atoms. The van der Waals surface area contributed by atoms with Gasteiger partial charge in [-0.05, 0) is 62.6 Å². The van der Waals surface area contributed by atoms with Gasteiger partial charge in [0.1, 0.15) is 23.1 Å². The summed E-state index contributed by atoms with van der Waals surface area (Å²) in [5, 5.41) is 13.0. The molecule has 0 saturated heterocycles. The lowest BCUT2D eigenvalue weighted by atomic mass is 10.0. The minimum atomic E-state index is -0.884. The lowest BCUT2D eigenvalue weighted by molar-refractivity contribution is 0.168. The van der Waals surface area contributed by atoms with Gasteiger partial charge in [-0.3, -0.25) is 0 Å². The topological polar surface area (TPSA) is 41.5 Å². The molecule has 1 atom stereocenters. The molecule has 2 aromatic carbocycles. The quantitative estimate of drug-likeness (QED) is 0.813. The van der Waals surface area contributed by atoms with E-state index >= 15 is 0 Å². The van der Waals surface area contributed by atoms with Crippen LogP contribution in [0.4, 0.5) is 8.78 Å². The van der Waals surface area contributed by atoms with Crippen molar-refractivity contribution in [3.63, 3.8) is 0 Å². The third-order valence-corrected chi connectivity index (χ3v) is 4.70. The number of rotatable bonds is 6. The summed E-state index contributed by atoms with van der Waals surface area (Å²) in [5.74, 6) is 0.446. The molecule has 0 aromatic heterocycles. The smallest absolute Gasteiger partial charge is 0.132 e. The van der Waals surface area contributed by atoms with Crippen LogP contribution in [0.5, 0.6) is 11.5 Å². The van der Waals surface area contributed by atoms with Gasteiger partial charge < -0.3 is 15.2 Å². The fourth-order valence-electron chi connectivity index (χ4n) is 3.35. The van der Waals surface area contributed by atoms with Gasteiger partial charge in [-0.25, -0.2) is 8.78 Å². The summed E-state index contributed by atoms with van der Waals surface area (Å²) in [4.78, 5) is 0. The first-order valence-electron chi connectivity index (χ1n) is 8.68. The van der Waals surface area contributed by atoms with Crippen molar-refractivity contribution in [2.45, 2.75) is 45.3 Å². The number of nitrogens with one attached hydrogen (secondary N) is 1. The SMILES string of the molecule is CCC(O)c1cc(Oc2ccc(F)c3c2CCC3)c(CNC)cc1F. The second-order valence-corrected chi connectivity index (χ2v) is 6.39. The van der Waals surface area contributed by atoms with Gasteiger partial charge >= 0.3 is 0 Å². The minimum Gasteiger partial charge on any atom is -0.457 e. The Balaban J connectivity index is 2.03. The molecule has 0 fully saturated rings. The van der Waals surface area contributed by atoms with Crippen LogP contribution in [0.3, 0.4) is 0 Å². The third kappa shape index (κ3) is 3.53. The van der Waals surface area contributed by atoms with Crippen molar-refractivity contribution < 1.29 is 18.6 Å². The predicted molar refractivity (Wildman–Crippen MR) is 92.9 cm³/mol. The number of fused-ring (bicyclic) bond motifs is 1. The number of ether oxygens (including phenoxy) is 1. The first-order valence-corrected chi connectivity index (χ1v) is 8.68. The lowest BCUT2D eigenvalue weighted by Gasteiger charge is -2.18. The Labute approximate surface area is 146 Å². The number of aliphatic hydroxyl groups is 1. The second-order valence-electron chi connectivity index (χ2n) is 6.39. The van der Waals surface area contributed by atoms with E-state index in [9.17, 15) is 13.9 Å². The van der Waals surface area contributed by atoms with Crippen molar-refractivity contribution >= 4 is 0 Å². The van der Waals surface area contributed by atoms with Crippen molar-refractivity contribution in [3.8, 4) is 11.5 Å². The molecule has 0 saturated carbocycles. The van der Waals surface area contributed by atoms with Gasteiger partial charge in [0.2, 0.25) is 0 Å². The first kappa shape index (κ1) is 17.8. The van der Waals surface area contributed by atoms with Crippen LogP contribution in [0.25, 0.3) is 0 Å². The van der Waals surface area contributed by atoms with Gasteiger partial charge in [-0.15, -0.1) is 0 Å². The van der Waals surface area contributed by atoms with Crippen LogP contribution in [-0.2, 0) is 19.4 Å². The maximum absolute atomic E-state index is 14.3. The number of aliphatic hydroxyl groups excluding tert-OH is 1. The molecule has 0 bridgehead atoms. The summed E-state index contributed by atoms with van der Waals surface area (Å²) in [6, 6.07) is 6.00. The van der Waals surface area contributed by atoms with Crippen molar-refractivity contribution in [2.24, 2.45) is 0 Å². The monoisotopic (exact) mass is 347 g/mol. The number of halogens is 2. The van der Waals surface area contributed by atoms with E-state index in [0.717, 1.165) is 18.4 Å². The third-order valence-electron chi connectivity index (χ3n) is 4.70. The van der Waals surface area contributed by atoms with Crippen LogP contribution in [0.15, 0.2) is 24.3 Å². The molecule has 0 spiro atoms. The zero-order valence-corrected chi connectivity index (χ0v) is 14.5. The molecule has 0 amide bonds. The highest BCUT2D eigenvalue weighted by Crippen LogP contribution is 2.37. The molecule has 3 rings (SSSR count). The Morgan fingerprint density at radius 1 is 1.12 bits per heavy atom. The first-order chi connectivity index (χ1) is 12.0. The zero-order chi connectivity index (χ0) is 18.0. The normalized spacial score (nSPS) is 14.4. The van der Waals surface area contributed by atoms with E-state index in [1.165, 1.54) is 12.1 Å². The number of hydrogen-bond acceptors (Lipinski definition) is 3. The van der Waals surface area contributed by atoms with E-state index < -0.39 is 11.9 Å². The summed E-state index contributed by atoms with van der Waals surface area (Å²) in [5.41, 5.74) is 2.47. The highest BCUT2D eigenvalue weighted by atomic mass is 19.1. The summed E-state index contributed by atoms with van der Waals surface area (Å²) in [7, 11) is 1.77. The zero-order valence-electron chi connectivity index (χ0n) is 14.5. The van der Waals surface area contributed by atoms with Crippen LogP contribution in [0.1, 0.15) is 48.1 Å². The Bertz CT molecular complexity index is 777. The van der Waals surface area contributed by atoms with Crippen LogP contribution < -0.4 is 10.1 Å². The summed E-state index contributed by atoms with van der Waals surface area (Å²) in [6.45, 7) is 2.22. The molecule has 2 N–H and O–H groups in total. The van der Waals surface area contributed by atoms with Crippen LogP contribution >= 0.6 is 0 Å². The molecule has 0 aliphatic heterocycles. The van der Waals surface area contributed by atoms with E-state index in [0.29, 0.717) is 42.0 Å². The highest BCUT2D eigenvalue weighted by Gasteiger charge is 2.22. The van der Waals surface area contributed by atoms with Gasteiger partial charge in [0.25, 0.3) is 0 Å². The largest absolute Gasteiger partial charge is 0.457 e. The van der Waals surface area contributed by atoms with Gasteiger partial charge in [0.05, 0.1) is 6.10 Å². The van der Waals surface area contributed by atoms with Crippen LogP contribution in [0, 0.1) is 11.6 Å². The maximum Gasteiger partial charge on any atom is 0.132 e. The molecule has 1 aliphatic carbocycles. The van der Waals surface area contributed by atoms with Gasteiger partial charge in [-0.2, -0.15) is 0 Å². The van der Waals surface area contributed by atoms with E-state index in [1.54, 1.807) is 26.1 Å². The molecule has 0 radical (unpaired) electrons. The molecule has 0 heterocycles.